The molecule has 1 unspecified atom stereocenters. The molecule has 0 aliphatic carbocycles. The topological polar surface area (TPSA) is 59.9 Å². The lowest BCUT2D eigenvalue weighted by atomic mass is 10.2. The van der Waals surface area contributed by atoms with Crippen LogP contribution in [0.25, 0.3) is 9.88 Å². The average molecular weight is 296 g/mol. The number of rotatable bonds is 4. The zero-order valence-electron chi connectivity index (χ0n) is 10.9. The van der Waals surface area contributed by atoms with E-state index in [1.807, 2.05) is 6.20 Å². The van der Waals surface area contributed by atoms with Crippen LogP contribution < -0.4 is 5.32 Å². The number of hydrogen-bond acceptors (Lipinski definition) is 7. The molecule has 2 aromatic heterocycles. The summed E-state index contributed by atoms with van der Waals surface area (Å²) in [6.07, 6.45) is 4.26. The maximum atomic E-state index is 5.65. The van der Waals surface area contributed by atoms with Gasteiger partial charge in [-0.05, 0) is 26.7 Å². The average Bonchev–Trinajstić information content (AvgIpc) is 3.09. The first-order valence-electron chi connectivity index (χ1n) is 6.40. The van der Waals surface area contributed by atoms with E-state index in [1.54, 1.807) is 22.7 Å². The normalized spacial score (nSPS) is 19.2. The van der Waals surface area contributed by atoms with Gasteiger partial charge in [-0.2, -0.15) is 0 Å². The summed E-state index contributed by atoms with van der Waals surface area (Å²) in [4.78, 5) is 5.53. The third-order valence-electron chi connectivity index (χ3n) is 2.78. The van der Waals surface area contributed by atoms with E-state index in [9.17, 15) is 0 Å². The zero-order chi connectivity index (χ0) is 13.2. The molecule has 1 aliphatic heterocycles. The lowest BCUT2D eigenvalue weighted by Crippen LogP contribution is -2.08. The van der Waals surface area contributed by atoms with Crippen LogP contribution in [-0.2, 0) is 4.74 Å². The molecule has 2 aromatic rings. The van der Waals surface area contributed by atoms with E-state index in [-0.39, 0.29) is 6.10 Å². The van der Waals surface area contributed by atoms with Gasteiger partial charge in [0, 0.05) is 18.8 Å². The fourth-order valence-electron chi connectivity index (χ4n) is 1.94. The fraction of sp³-hybridized carbons (Fsp3) is 0.583. The molecule has 0 saturated carbocycles. The Labute approximate surface area is 120 Å². The van der Waals surface area contributed by atoms with Crippen LogP contribution in [0.4, 0.5) is 5.13 Å². The number of ether oxygens (including phenoxy) is 1. The molecule has 0 spiro atoms. The first-order valence-corrected chi connectivity index (χ1v) is 8.03. The minimum absolute atomic E-state index is 0.180. The van der Waals surface area contributed by atoms with E-state index in [2.05, 4.69) is 34.3 Å². The van der Waals surface area contributed by atoms with E-state index in [1.165, 1.54) is 0 Å². The van der Waals surface area contributed by atoms with Crippen LogP contribution in [0, 0.1) is 0 Å². The molecule has 1 fully saturated rings. The molecule has 0 radical (unpaired) electrons. The maximum absolute atomic E-state index is 5.65. The smallest absolute Gasteiger partial charge is 0.206 e. The van der Waals surface area contributed by atoms with Gasteiger partial charge in [0.25, 0.3) is 0 Å². The van der Waals surface area contributed by atoms with Gasteiger partial charge in [0.15, 0.2) is 5.01 Å². The Bertz CT molecular complexity index is 545. The Morgan fingerprint density at radius 2 is 2.26 bits per heavy atom. The predicted octanol–water partition coefficient (Wildman–Crippen LogP) is 3.33. The molecule has 0 amide bonds. The molecule has 1 saturated heterocycles. The number of aromatic nitrogens is 3. The Hall–Kier alpha value is -1.05. The zero-order valence-corrected chi connectivity index (χ0v) is 12.6. The van der Waals surface area contributed by atoms with Crippen LogP contribution in [-0.4, -0.2) is 27.8 Å². The summed E-state index contributed by atoms with van der Waals surface area (Å²) in [7, 11) is 0. The Morgan fingerprint density at radius 1 is 1.37 bits per heavy atom. The summed E-state index contributed by atoms with van der Waals surface area (Å²) in [5, 5.41) is 14.5. The first-order chi connectivity index (χ1) is 9.22. The van der Waals surface area contributed by atoms with Crippen molar-refractivity contribution in [2.45, 2.75) is 38.8 Å². The number of hydrogen-bond donors (Lipinski definition) is 1. The molecule has 7 heteroatoms. The summed E-state index contributed by atoms with van der Waals surface area (Å²) < 4.78 is 5.65. The first kappa shape index (κ1) is 13.0. The predicted molar refractivity (Wildman–Crippen MR) is 77.7 cm³/mol. The van der Waals surface area contributed by atoms with E-state index in [0.717, 1.165) is 39.5 Å². The number of anilines is 1. The molecule has 1 N–H and O–H groups in total. The molecule has 3 rings (SSSR count). The minimum atomic E-state index is 0.180. The van der Waals surface area contributed by atoms with Gasteiger partial charge in [-0.1, -0.05) is 11.3 Å². The van der Waals surface area contributed by atoms with E-state index >= 15 is 0 Å². The summed E-state index contributed by atoms with van der Waals surface area (Å²) >= 11 is 3.23. The van der Waals surface area contributed by atoms with Crippen LogP contribution in [0.3, 0.4) is 0 Å². The van der Waals surface area contributed by atoms with E-state index < -0.39 is 0 Å². The lowest BCUT2D eigenvalue weighted by molar-refractivity contribution is 0.111. The van der Waals surface area contributed by atoms with Crippen molar-refractivity contribution >= 4 is 27.8 Å². The van der Waals surface area contributed by atoms with Crippen molar-refractivity contribution in [2.75, 3.05) is 11.9 Å². The highest BCUT2D eigenvalue weighted by atomic mass is 32.1. The van der Waals surface area contributed by atoms with Gasteiger partial charge in [-0.3, -0.25) is 0 Å². The molecular formula is C12H16N4OS2. The Morgan fingerprint density at radius 3 is 3.00 bits per heavy atom. The third-order valence-corrected chi connectivity index (χ3v) is 4.89. The lowest BCUT2D eigenvalue weighted by Gasteiger charge is -2.03. The van der Waals surface area contributed by atoms with Gasteiger partial charge in [-0.15, -0.1) is 21.5 Å². The number of nitrogens with one attached hydrogen (secondary N) is 1. The summed E-state index contributed by atoms with van der Waals surface area (Å²) in [6, 6.07) is 0.365. The standard InChI is InChI=1S/C12H16N4OS2/c1-7(2)14-12-16-15-11(19-12)9-6-13-10(18-9)8-4-3-5-17-8/h6-8H,3-5H2,1-2H3,(H,14,16). The molecule has 0 bridgehead atoms. The highest BCUT2D eigenvalue weighted by molar-refractivity contribution is 7.23. The molecule has 3 heterocycles. The highest BCUT2D eigenvalue weighted by Crippen LogP contribution is 2.36. The number of thiazole rings is 1. The van der Waals surface area contributed by atoms with Crippen molar-refractivity contribution in [1.82, 2.24) is 15.2 Å². The molecule has 102 valence electrons. The van der Waals surface area contributed by atoms with Crippen molar-refractivity contribution in [1.29, 1.82) is 0 Å². The molecule has 1 aliphatic rings. The van der Waals surface area contributed by atoms with Crippen LogP contribution >= 0.6 is 22.7 Å². The monoisotopic (exact) mass is 296 g/mol. The van der Waals surface area contributed by atoms with Crippen LogP contribution in [0.5, 0.6) is 0 Å². The van der Waals surface area contributed by atoms with Crippen molar-refractivity contribution < 1.29 is 4.74 Å². The molecule has 5 nitrogen and oxygen atoms in total. The molecule has 19 heavy (non-hydrogen) atoms. The second-order valence-electron chi connectivity index (χ2n) is 4.78. The van der Waals surface area contributed by atoms with Gasteiger partial charge in [0.05, 0.1) is 4.88 Å². The summed E-state index contributed by atoms with van der Waals surface area (Å²) in [6.45, 7) is 5.02. The quantitative estimate of drug-likeness (QED) is 0.937. The van der Waals surface area contributed by atoms with Gasteiger partial charge in [0.2, 0.25) is 5.13 Å². The van der Waals surface area contributed by atoms with Crippen molar-refractivity contribution in [3.63, 3.8) is 0 Å². The van der Waals surface area contributed by atoms with Gasteiger partial charge >= 0.3 is 0 Å². The SMILES string of the molecule is CC(C)Nc1nnc(-c2cnc(C3CCCO3)s2)s1. The van der Waals surface area contributed by atoms with Crippen molar-refractivity contribution in [2.24, 2.45) is 0 Å². The Kier molecular flexibility index (Phi) is 3.76. The highest BCUT2D eigenvalue weighted by Gasteiger charge is 2.22. The molecule has 1 atom stereocenters. The van der Waals surface area contributed by atoms with Gasteiger partial charge in [-0.25, -0.2) is 4.98 Å². The van der Waals surface area contributed by atoms with Crippen molar-refractivity contribution in [3.05, 3.63) is 11.2 Å². The summed E-state index contributed by atoms with van der Waals surface area (Å²) in [5.74, 6) is 0. The van der Waals surface area contributed by atoms with E-state index in [4.69, 9.17) is 4.74 Å². The minimum Gasteiger partial charge on any atom is -0.371 e. The van der Waals surface area contributed by atoms with Crippen LogP contribution in [0.15, 0.2) is 6.20 Å². The second kappa shape index (κ2) is 5.52. The largest absolute Gasteiger partial charge is 0.371 e. The molecular weight excluding hydrogens is 280 g/mol. The van der Waals surface area contributed by atoms with Gasteiger partial charge in [0.1, 0.15) is 11.1 Å². The maximum Gasteiger partial charge on any atom is 0.206 e. The van der Waals surface area contributed by atoms with Crippen LogP contribution in [0.1, 0.15) is 37.8 Å². The second-order valence-corrected chi connectivity index (χ2v) is 6.82. The van der Waals surface area contributed by atoms with E-state index in [0.29, 0.717) is 6.04 Å². The summed E-state index contributed by atoms with van der Waals surface area (Å²) in [5.41, 5.74) is 0. The Balaban J connectivity index is 1.76. The van der Waals surface area contributed by atoms with Crippen molar-refractivity contribution in [3.8, 4) is 9.88 Å². The fourth-order valence-corrected chi connectivity index (χ4v) is 3.86. The molecule has 0 aromatic carbocycles. The van der Waals surface area contributed by atoms with Gasteiger partial charge < -0.3 is 10.1 Å². The van der Waals surface area contributed by atoms with Crippen LogP contribution in [0.2, 0.25) is 0 Å². The number of nitrogens with zero attached hydrogens (tertiary/aromatic N) is 3. The third kappa shape index (κ3) is 2.93.